The van der Waals surface area contributed by atoms with Crippen LogP contribution in [-0.2, 0) is 10.0 Å². The lowest BCUT2D eigenvalue weighted by molar-refractivity contribution is 0.0856. The second-order valence-electron chi connectivity index (χ2n) is 5.51. The van der Waals surface area contributed by atoms with E-state index in [9.17, 15) is 13.2 Å². The quantitative estimate of drug-likeness (QED) is 0.636. The van der Waals surface area contributed by atoms with Gasteiger partial charge in [0.15, 0.2) is 11.5 Å². The Morgan fingerprint density at radius 2 is 1.74 bits per heavy atom. The molecule has 1 amide bonds. The van der Waals surface area contributed by atoms with E-state index in [-0.39, 0.29) is 35.1 Å². The van der Waals surface area contributed by atoms with Crippen LogP contribution in [0, 0.1) is 0 Å². The van der Waals surface area contributed by atoms with Gasteiger partial charge < -0.3 is 14.2 Å². The van der Waals surface area contributed by atoms with Crippen LogP contribution in [0.1, 0.15) is 10.4 Å². The molecule has 0 unspecified atom stereocenters. The number of halogens is 2. The molecule has 1 heterocycles. The number of methoxy groups -OCH3 is 2. The largest absolute Gasteiger partial charge is 0.493 e. The fraction of sp³-hybridized carbons (Fsp3) is 0.235. The smallest absolute Gasteiger partial charge is 0.269 e. The summed E-state index contributed by atoms with van der Waals surface area (Å²) in [6.45, 7) is -0.164. The van der Waals surface area contributed by atoms with E-state index in [0.29, 0.717) is 15.2 Å². The minimum atomic E-state index is -3.99. The predicted octanol–water partition coefficient (Wildman–Crippen LogP) is 3.34. The second-order valence-corrected chi connectivity index (χ2v) is 8.63. The zero-order chi connectivity index (χ0) is 19.8. The van der Waals surface area contributed by atoms with Crippen molar-refractivity contribution in [3.05, 3.63) is 45.4 Å². The highest BCUT2D eigenvalue weighted by molar-refractivity contribution is 9.10. The molecule has 1 aliphatic heterocycles. The molecule has 1 aliphatic rings. The minimum absolute atomic E-state index is 0.0204. The van der Waals surface area contributed by atoms with Crippen LogP contribution in [0.3, 0.4) is 0 Å². The molecule has 0 atom stereocenters. The molecule has 0 fully saturated rings. The zero-order valence-electron chi connectivity index (χ0n) is 14.4. The first-order valence-corrected chi connectivity index (χ1v) is 10.3. The summed E-state index contributed by atoms with van der Waals surface area (Å²) in [4.78, 5) is 12.5. The lowest BCUT2D eigenvalue weighted by Crippen LogP contribution is -2.33. The van der Waals surface area contributed by atoms with Gasteiger partial charge in [0.1, 0.15) is 17.3 Å². The van der Waals surface area contributed by atoms with Crippen LogP contribution in [-0.4, -0.2) is 46.0 Å². The first-order chi connectivity index (χ1) is 12.8. The van der Waals surface area contributed by atoms with Crippen molar-refractivity contribution in [2.75, 3.05) is 27.4 Å². The van der Waals surface area contributed by atoms with Crippen LogP contribution in [0.25, 0.3) is 0 Å². The van der Waals surface area contributed by atoms with E-state index >= 15 is 0 Å². The Morgan fingerprint density at radius 3 is 2.37 bits per heavy atom. The van der Waals surface area contributed by atoms with Crippen LogP contribution < -0.4 is 14.2 Å². The highest BCUT2D eigenvalue weighted by Gasteiger charge is 2.42. The lowest BCUT2D eigenvalue weighted by atomic mass is 10.2. The topological polar surface area (TPSA) is 82.1 Å². The van der Waals surface area contributed by atoms with Gasteiger partial charge in [-0.05, 0) is 40.2 Å². The van der Waals surface area contributed by atoms with Gasteiger partial charge in [0.05, 0.1) is 30.8 Å². The minimum Gasteiger partial charge on any atom is -0.493 e. The number of carbonyl (C=O) groups excluding carboxylic acids is 1. The molecule has 0 aromatic heterocycles. The first-order valence-electron chi connectivity index (χ1n) is 7.70. The molecule has 0 radical (unpaired) electrons. The van der Waals surface area contributed by atoms with Crippen LogP contribution in [0.5, 0.6) is 17.2 Å². The normalized spacial score (nSPS) is 14.8. The Morgan fingerprint density at radius 1 is 1.07 bits per heavy atom. The van der Waals surface area contributed by atoms with Gasteiger partial charge in [-0.3, -0.25) is 4.79 Å². The summed E-state index contributed by atoms with van der Waals surface area (Å²) in [6, 6.07) is 7.61. The molecule has 0 saturated heterocycles. The summed E-state index contributed by atoms with van der Waals surface area (Å²) in [6.07, 6.45) is 0. The Bertz CT molecular complexity index is 1010. The first kappa shape index (κ1) is 19.8. The maximum atomic E-state index is 12.7. The molecular formula is C17H15BrClNO6S. The maximum absolute atomic E-state index is 12.7. The van der Waals surface area contributed by atoms with Crippen molar-refractivity contribution in [1.29, 1.82) is 0 Å². The summed E-state index contributed by atoms with van der Waals surface area (Å²) >= 11 is 9.19. The number of nitrogens with zero attached hydrogens (tertiary/aromatic N) is 1. The standard InChI is InChI=1S/C17H15BrClNO6S/c1-24-14-8-11-16(9-15(14)25-2)27(22,23)20(17(11)21)5-6-26-13-4-3-10(19)7-12(13)18/h3-4,7-9H,5-6H2,1-2H3. The molecule has 3 rings (SSSR count). The fourth-order valence-corrected chi connectivity index (χ4v) is 5.00. The molecule has 10 heteroatoms. The number of benzene rings is 2. The molecule has 27 heavy (non-hydrogen) atoms. The monoisotopic (exact) mass is 475 g/mol. The van der Waals surface area contributed by atoms with Crippen LogP contribution in [0.4, 0.5) is 0 Å². The summed E-state index contributed by atoms with van der Waals surface area (Å²) in [5, 5.41) is 0.532. The third kappa shape index (κ3) is 3.59. The Hall–Kier alpha value is -1.97. The molecule has 0 bridgehead atoms. The predicted molar refractivity (Wildman–Crippen MR) is 102 cm³/mol. The summed E-state index contributed by atoms with van der Waals surface area (Å²) in [7, 11) is -1.19. The van der Waals surface area contributed by atoms with Gasteiger partial charge in [-0.15, -0.1) is 0 Å². The zero-order valence-corrected chi connectivity index (χ0v) is 17.5. The van der Waals surface area contributed by atoms with Gasteiger partial charge in [-0.2, -0.15) is 0 Å². The number of ether oxygens (including phenoxy) is 3. The van der Waals surface area contributed by atoms with E-state index < -0.39 is 15.9 Å². The van der Waals surface area contributed by atoms with Gasteiger partial charge in [0, 0.05) is 11.1 Å². The van der Waals surface area contributed by atoms with Crippen molar-refractivity contribution in [2.24, 2.45) is 0 Å². The molecular weight excluding hydrogens is 462 g/mol. The van der Waals surface area contributed by atoms with E-state index in [0.717, 1.165) is 4.31 Å². The molecule has 2 aromatic carbocycles. The van der Waals surface area contributed by atoms with Crippen LogP contribution in [0.2, 0.25) is 5.02 Å². The van der Waals surface area contributed by atoms with Crippen molar-refractivity contribution in [3.63, 3.8) is 0 Å². The number of hydrogen-bond acceptors (Lipinski definition) is 6. The van der Waals surface area contributed by atoms with E-state index in [1.807, 2.05) is 0 Å². The van der Waals surface area contributed by atoms with Gasteiger partial charge in [0.25, 0.3) is 15.9 Å². The summed E-state index contributed by atoms with van der Waals surface area (Å²) < 4.78 is 42.7. The van der Waals surface area contributed by atoms with E-state index in [4.69, 9.17) is 25.8 Å². The molecule has 0 spiro atoms. The summed E-state index contributed by atoms with van der Waals surface area (Å²) in [5.41, 5.74) is 0.0420. The number of carbonyl (C=O) groups is 1. The highest BCUT2D eigenvalue weighted by Crippen LogP contribution is 2.38. The molecule has 0 saturated carbocycles. The molecule has 7 nitrogen and oxygen atoms in total. The van der Waals surface area contributed by atoms with E-state index in [1.165, 1.54) is 26.4 Å². The van der Waals surface area contributed by atoms with Gasteiger partial charge in [-0.25, -0.2) is 12.7 Å². The number of rotatable bonds is 6. The molecule has 0 aliphatic carbocycles. The number of sulfonamides is 1. The van der Waals surface area contributed by atoms with Crippen molar-refractivity contribution < 1.29 is 27.4 Å². The molecule has 2 aromatic rings. The third-order valence-corrected chi connectivity index (χ3v) is 6.63. The maximum Gasteiger partial charge on any atom is 0.269 e. The van der Waals surface area contributed by atoms with E-state index in [2.05, 4.69) is 15.9 Å². The Balaban J connectivity index is 1.81. The van der Waals surface area contributed by atoms with Crippen molar-refractivity contribution in [1.82, 2.24) is 4.31 Å². The molecule has 0 N–H and O–H groups in total. The van der Waals surface area contributed by atoms with Gasteiger partial charge in [-0.1, -0.05) is 11.6 Å². The third-order valence-electron chi connectivity index (χ3n) is 3.96. The summed E-state index contributed by atoms with van der Waals surface area (Å²) in [5.74, 6) is 0.368. The number of hydrogen-bond donors (Lipinski definition) is 0. The SMILES string of the molecule is COc1cc2c(cc1OC)S(=O)(=O)N(CCOc1ccc(Cl)cc1Br)C2=O. The Kier molecular flexibility index (Phi) is 5.55. The average molecular weight is 477 g/mol. The average Bonchev–Trinajstić information content (AvgIpc) is 2.82. The van der Waals surface area contributed by atoms with Crippen molar-refractivity contribution in [2.45, 2.75) is 4.90 Å². The highest BCUT2D eigenvalue weighted by atomic mass is 79.9. The molecule has 144 valence electrons. The van der Waals surface area contributed by atoms with Crippen molar-refractivity contribution >= 4 is 43.5 Å². The van der Waals surface area contributed by atoms with Crippen LogP contribution >= 0.6 is 27.5 Å². The van der Waals surface area contributed by atoms with Crippen molar-refractivity contribution in [3.8, 4) is 17.2 Å². The second kappa shape index (κ2) is 7.57. The van der Waals surface area contributed by atoms with Gasteiger partial charge in [0.2, 0.25) is 0 Å². The number of fused-ring (bicyclic) bond motifs is 1. The van der Waals surface area contributed by atoms with E-state index in [1.54, 1.807) is 18.2 Å². The van der Waals surface area contributed by atoms with Crippen LogP contribution in [0.15, 0.2) is 39.7 Å². The number of amides is 1. The Labute approximate surface area is 170 Å². The lowest BCUT2D eigenvalue weighted by Gasteiger charge is -2.16. The fourth-order valence-electron chi connectivity index (χ4n) is 2.66. The van der Waals surface area contributed by atoms with Gasteiger partial charge >= 0.3 is 0 Å².